The molecule has 1 saturated heterocycles. The van der Waals surface area contributed by atoms with E-state index in [2.05, 4.69) is 0 Å². The first kappa shape index (κ1) is 13.3. The summed E-state index contributed by atoms with van der Waals surface area (Å²) in [4.78, 5) is 0. The van der Waals surface area contributed by atoms with Gasteiger partial charge in [-0.3, -0.25) is 0 Å². The van der Waals surface area contributed by atoms with E-state index in [9.17, 15) is 8.42 Å². The monoisotopic (exact) mass is 262 g/mol. The van der Waals surface area contributed by atoms with Crippen molar-refractivity contribution in [2.24, 2.45) is 11.7 Å². The Morgan fingerprint density at radius 1 is 1.12 bits per heavy atom. The van der Waals surface area contributed by atoms with Crippen molar-refractivity contribution in [3.8, 4) is 0 Å². The third-order valence-electron chi connectivity index (χ3n) is 3.70. The molecular formula is C11H22N2O3S. The maximum absolute atomic E-state index is 12.2. The number of hydrogen-bond donors (Lipinski definition) is 1. The fourth-order valence-electron chi connectivity index (χ4n) is 2.58. The van der Waals surface area contributed by atoms with Gasteiger partial charge in [0.15, 0.2) is 0 Å². The lowest BCUT2D eigenvalue weighted by atomic mass is 9.88. The highest BCUT2D eigenvalue weighted by molar-refractivity contribution is 7.89. The molecule has 2 rings (SSSR count). The van der Waals surface area contributed by atoms with E-state index in [1.807, 2.05) is 0 Å². The summed E-state index contributed by atoms with van der Waals surface area (Å²) >= 11 is 0. The summed E-state index contributed by atoms with van der Waals surface area (Å²) in [6.07, 6.45) is 3.82. The molecule has 5 nitrogen and oxygen atoms in total. The number of nitrogens with two attached hydrogens (primary N) is 1. The number of morpholine rings is 1. The van der Waals surface area contributed by atoms with Crippen LogP contribution in [-0.4, -0.2) is 50.8 Å². The molecule has 0 aromatic heterocycles. The van der Waals surface area contributed by atoms with Crippen LogP contribution in [0.2, 0.25) is 0 Å². The number of nitrogens with zero attached hydrogens (tertiary/aromatic N) is 1. The molecular weight excluding hydrogens is 240 g/mol. The minimum atomic E-state index is -3.09. The van der Waals surface area contributed by atoms with Gasteiger partial charge in [-0.15, -0.1) is 0 Å². The highest BCUT2D eigenvalue weighted by atomic mass is 32.2. The Balaban J connectivity index is 1.88. The molecule has 1 saturated carbocycles. The summed E-state index contributed by atoms with van der Waals surface area (Å²) in [6, 6.07) is 0.275. The molecule has 0 radical (unpaired) electrons. The van der Waals surface area contributed by atoms with Crippen LogP contribution in [0, 0.1) is 5.92 Å². The standard InChI is InChI=1S/C11H22N2O3S/c12-11-3-1-10(2-4-11)9-17(14,15)13-5-7-16-8-6-13/h10-11H,1-9,12H2. The van der Waals surface area contributed by atoms with Gasteiger partial charge in [0, 0.05) is 19.1 Å². The zero-order valence-electron chi connectivity index (χ0n) is 10.2. The molecule has 0 spiro atoms. The van der Waals surface area contributed by atoms with Gasteiger partial charge in [0.2, 0.25) is 10.0 Å². The summed E-state index contributed by atoms with van der Waals surface area (Å²) in [7, 11) is -3.09. The van der Waals surface area contributed by atoms with Crippen LogP contribution in [0.15, 0.2) is 0 Å². The van der Waals surface area contributed by atoms with Crippen LogP contribution in [0.5, 0.6) is 0 Å². The van der Waals surface area contributed by atoms with Gasteiger partial charge >= 0.3 is 0 Å². The van der Waals surface area contributed by atoms with Gasteiger partial charge in [-0.2, -0.15) is 4.31 Å². The second-order valence-corrected chi connectivity index (χ2v) is 7.08. The summed E-state index contributed by atoms with van der Waals surface area (Å²) < 4.78 is 31.1. The Labute approximate surface area is 103 Å². The van der Waals surface area contributed by atoms with Crippen molar-refractivity contribution in [3.05, 3.63) is 0 Å². The first-order valence-electron chi connectivity index (χ1n) is 6.39. The number of rotatable bonds is 3. The Kier molecular flexibility index (Phi) is 4.41. The number of sulfonamides is 1. The molecule has 100 valence electrons. The van der Waals surface area contributed by atoms with Gasteiger partial charge in [-0.1, -0.05) is 0 Å². The minimum absolute atomic E-state index is 0.275. The second-order valence-electron chi connectivity index (χ2n) is 5.07. The largest absolute Gasteiger partial charge is 0.379 e. The fourth-order valence-corrected chi connectivity index (χ4v) is 4.43. The van der Waals surface area contributed by atoms with Crippen LogP contribution in [0.25, 0.3) is 0 Å². The fraction of sp³-hybridized carbons (Fsp3) is 1.00. The summed E-state index contributed by atoms with van der Waals surface area (Å²) in [5.74, 6) is 0.586. The van der Waals surface area contributed by atoms with Gasteiger partial charge in [0.25, 0.3) is 0 Å². The maximum Gasteiger partial charge on any atom is 0.214 e. The van der Waals surface area contributed by atoms with Gasteiger partial charge in [0.1, 0.15) is 0 Å². The summed E-state index contributed by atoms with van der Waals surface area (Å²) in [5.41, 5.74) is 5.83. The van der Waals surface area contributed by atoms with E-state index in [-0.39, 0.29) is 6.04 Å². The van der Waals surface area contributed by atoms with E-state index < -0.39 is 10.0 Å². The Hall–Kier alpha value is -0.170. The zero-order valence-corrected chi connectivity index (χ0v) is 11.0. The van der Waals surface area contributed by atoms with E-state index >= 15 is 0 Å². The SMILES string of the molecule is NC1CCC(CS(=O)(=O)N2CCOCC2)CC1. The Bertz CT molecular complexity index is 331. The van der Waals surface area contributed by atoms with Gasteiger partial charge in [-0.05, 0) is 31.6 Å². The molecule has 2 N–H and O–H groups in total. The van der Waals surface area contributed by atoms with Crippen LogP contribution in [0.3, 0.4) is 0 Å². The molecule has 1 heterocycles. The zero-order chi connectivity index (χ0) is 12.3. The molecule has 0 bridgehead atoms. The van der Waals surface area contributed by atoms with E-state index in [1.54, 1.807) is 4.31 Å². The van der Waals surface area contributed by atoms with Crippen LogP contribution in [0.1, 0.15) is 25.7 Å². The van der Waals surface area contributed by atoms with Crippen LogP contribution < -0.4 is 5.73 Å². The molecule has 0 unspecified atom stereocenters. The quantitative estimate of drug-likeness (QED) is 0.786. The Morgan fingerprint density at radius 3 is 2.29 bits per heavy atom. The highest BCUT2D eigenvalue weighted by Crippen LogP contribution is 2.25. The third kappa shape index (κ3) is 3.64. The van der Waals surface area contributed by atoms with Crippen LogP contribution >= 0.6 is 0 Å². The van der Waals surface area contributed by atoms with Crippen molar-refractivity contribution in [2.45, 2.75) is 31.7 Å². The summed E-state index contributed by atoms with van der Waals surface area (Å²) in [6.45, 7) is 2.06. The van der Waals surface area contributed by atoms with E-state index in [4.69, 9.17) is 10.5 Å². The topological polar surface area (TPSA) is 72.6 Å². The number of hydrogen-bond acceptors (Lipinski definition) is 4. The first-order valence-corrected chi connectivity index (χ1v) is 8.00. The smallest absolute Gasteiger partial charge is 0.214 e. The molecule has 2 fully saturated rings. The molecule has 0 aromatic rings. The van der Waals surface area contributed by atoms with Crippen molar-refractivity contribution in [3.63, 3.8) is 0 Å². The molecule has 1 aliphatic carbocycles. The maximum atomic E-state index is 12.2. The first-order chi connectivity index (χ1) is 8.08. The van der Waals surface area contributed by atoms with Crippen molar-refractivity contribution in [1.82, 2.24) is 4.31 Å². The molecule has 1 aliphatic heterocycles. The van der Waals surface area contributed by atoms with Crippen molar-refractivity contribution < 1.29 is 13.2 Å². The average molecular weight is 262 g/mol. The molecule has 0 amide bonds. The van der Waals surface area contributed by atoms with E-state index in [1.165, 1.54) is 0 Å². The summed E-state index contributed by atoms with van der Waals surface area (Å²) in [5, 5.41) is 0. The van der Waals surface area contributed by atoms with E-state index in [0.29, 0.717) is 38.0 Å². The predicted octanol–water partition coefficient (Wildman–Crippen LogP) is 0.166. The second kappa shape index (κ2) is 5.65. The Morgan fingerprint density at radius 2 is 1.71 bits per heavy atom. The molecule has 0 atom stereocenters. The molecule has 6 heteroatoms. The van der Waals surface area contributed by atoms with Gasteiger partial charge in [0.05, 0.1) is 19.0 Å². The lowest BCUT2D eigenvalue weighted by molar-refractivity contribution is 0.0728. The number of ether oxygens (including phenoxy) is 1. The third-order valence-corrected chi connectivity index (χ3v) is 5.75. The van der Waals surface area contributed by atoms with Gasteiger partial charge in [-0.25, -0.2) is 8.42 Å². The van der Waals surface area contributed by atoms with Crippen molar-refractivity contribution >= 4 is 10.0 Å². The lowest BCUT2D eigenvalue weighted by Crippen LogP contribution is -2.43. The average Bonchev–Trinajstić information content (AvgIpc) is 2.33. The van der Waals surface area contributed by atoms with Crippen molar-refractivity contribution in [2.75, 3.05) is 32.1 Å². The highest BCUT2D eigenvalue weighted by Gasteiger charge is 2.29. The molecule has 2 aliphatic rings. The normalized spacial score (nSPS) is 32.5. The molecule has 0 aromatic carbocycles. The predicted molar refractivity (Wildman–Crippen MR) is 66.1 cm³/mol. The minimum Gasteiger partial charge on any atom is -0.379 e. The lowest BCUT2D eigenvalue weighted by Gasteiger charge is -2.30. The van der Waals surface area contributed by atoms with Crippen LogP contribution in [0.4, 0.5) is 0 Å². The van der Waals surface area contributed by atoms with E-state index in [0.717, 1.165) is 25.7 Å². The molecule has 17 heavy (non-hydrogen) atoms. The van der Waals surface area contributed by atoms with Crippen LogP contribution in [-0.2, 0) is 14.8 Å². The van der Waals surface area contributed by atoms with Crippen molar-refractivity contribution in [1.29, 1.82) is 0 Å². The van der Waals surface area contributed by atoms with Gasteiger partial charge < -0.3 is 10.5 Å².